The standard InChI is InChI=1S/C59H122N6O7/c1-4-6-8-20-30-55-34-35-56(31-21-16-13-15-19-25-40-64-59(66)65-41-29-45-70-49-53-72-51-47-68-43-27-37-61-3)58(57(55)32-22-9-7-5-2)33-23-17-12-10-11-14-18-24-38-62-54-63-39-28-44-69-48-52-71-50-46-67-42-26-36-60/h55-58,61-63H,4-54,60H2,1-3H3,(H2,64,65,66). The van der Waals surface area contributed by atoms with Crippen molar-refractivity contribution in [1.82, 2.24) is 26.6 Å². The summed E-state index contributed by atoms with van der Waals surface area (Å²) in [6.45, 7) is 18.4. The Balaban J connectivity index is 2.24. The zero-order valence-electron chi connectivity index (χ0n) is 47.8. The SMILES string of the molecule is CCCCCCC1CCC(CCCCCCCCNC(=O)NCCCOCCOCCOCCCNC)C(CCCCCCCCCCNCNCCCOCCOCCOCCCN)C1CCCCCC. The second-order valence-electron chi connectivity index (χ2n) is 21.0. The van der Waals surface area contributed by atoms with Gasteiger partial charge in [-0.15, -0.1) is 0 Å². The van der Waals surface area contributed by atoms with Crippen molar-refractivity contribution in [2.45, 2.75) is 219 Å². The molecule has 1 fully saturated rings. The van der Waals surface area contributed by atoms with Crippen LogP contribution in [0.15, 0.2) is 0 Å². The molecule has 2 amide bonds. The Morgan fingerprint density at radius 1 is 0.389 bits per heavy atom. The number of rotatable bonds is 59. The molecule has 4 atom stereocenters. The molecular weight excluding hydrogens is 905 g/mol. The molecule has 7 N–H and O–H groups in total. The maximum absolute atomic E-state index is 12.3. The van der Waals surface area contributed by atoms with Gasteiger partial charge < -0.3 is 60.7 Å². The number of hydrogen-bond donors (Lipinski definition) is 6. The normalized spacial score (nSPS) is 17.0. The van der Waals surface area contributed by atoms with Crippen molar-refractivity contribution in [3.63, 3.8) is 0 Å². The highest BCUT2D eigenvalue weighted by Gasteiger charge is 2.37. The van der Waals surface area contributed by atoms with Crippen LogP contribution < -0.4 is 32.3 Å². The first-order chi connectivity index (χ1) is 35.7. The first-order valence-corrected chi connectivity index (χ1v) is 30.9. The summed E-state index contributed by atoms with van der Waals surface area (Å²) in [4.78, 5) is 12.3. The highest BCUT2D eigenvalue weighted by Crippen LogP contribution is 2.48. The number of carbonyl (C=O) groups excluding carboxylic acids is 1. The van der Waals surface area contributed by atoms with Crippen LogP contribution in [-0.2, 0) is 28.4 Å². The maximum Gasteiger partial charge on any atom is 0.314 e. The number of ether oxygens (including phenoxy) is 6. The van der Waals surface area contributed by atoms with Gasteiger partial charge in [0.05, 0.1) is 52.9 Å². The van der Waals surface area contributed by atoms with Crippen molar-refractivity contribution in [2.75, 3.05) is 132 Å². The molecule has 0 radical (unpaired) electrons. The van der Waals surface area contributed by atoms with E-state index in [0.29, 0.717) is 79.2 Å². The highest BCUT2D eigenvalue weighted by molar-refractivity contribution is 5.73. The van der Waals surface area contributed by atoms with E-state index in [9.17, 15) is 4.79 Å². The maximum atomic E-state index is 12.3. The molecule has 0 aromatic rings. The molecular formula is C59H122N6O7. The fourth-order valence-electron chi connectivity index (χ4n) is 10.6. The number of unbranched alkanes of at least 4 members (excludes halogenated alkanes) is 18. The van der Waals surface area contributed by atoms with Gasteiger partial charge in [-0.25, -0.2) is 4.79 Å². The lowest BCUT2D eigenvalue weighted by Crippen LogP contribution is -2.36. The van der Waals surface area contributed by atoms with Crippen LogP contribution in [0.1, 0.15) is 219 Å². The summed E-state index contributed by atoms with van der Waals surface area (Å²) in [6.07, 6.45) is 42.6. The van der Waals surface area contributed by atoms with E-state index < -0.39 is 0 Å². The fraction of sp³-hybridized carbons (Fsp3) is 0.983. The molecule has 4 unspecified atom stereocenters. The third kappa shape index (κ3) is 46.2. The minimum Gasteiger partial charge on any atom is -0.379 e. The van der Waals surface area contributed by atoms with Gasteiger partial charge in [-0.3, -0.25) is 0 Å². The zero-order chi connectivity index (χ0) is 51.7. The van der Waals surface area contributed by atoms with Gasteiger partial charge in [-0.2, -0.15) is 0 Å². The minimum atomic E-state index is -0.0634. The Labute approximate surface area is 445 Å². The van der Waals surface area contributed by atoms with Crippen molar-refractivity contribution in [3.8, 4) is 0 Å². The van der Waals surface area contributed by atoms with Crippen LogP contribution in [0, 0.1) is 23.7 Å². The Bertz CT molecular complexity index is 1070. The summed E-state index contributed by atoms with van der Waals surface area (Å²) in [5, 5.41) is 16.2. The molecule has 0 bridgehead atoms. The van der Waals surface area contributed by atoms with Crippen molar-refractivity contribution in [1.29, 1.82) is 0 Å². The number of nitrogens with one attached hydrogen (secondary N) is 5. The molecule has 0 aliphatic heterocycles. The van der Waals surface area contributed by atoms with E-state index in [4.69, 9.17) is 34.2 Å². The number of amides is 2. The summed E-state index contributed by atoms with van der Waals surface area (Å²) in [5.41, 5.74) is 5.46. The van der Waals surface area contributed by atoms with Gasteiger partial charge in [-0.1, -0.05) is 155 Å². The van der Waals surface area contributed by atoms with E-state index in [1.54, 1.807) is 0 Å². The van der Waals surface area contributed by atoms with Crippen LogP contribution in [-0.4, -0.2) is 138 Å². The predicted octanol–water partition coefficient (Wildman–Crippen LogP) is 11.7. The van der Waals surface area contributed by atoms with E-state index in [2.05, 4.69) is 40.4 Å². The first-order valence-electron chi connectivity index (χ1n) is 30.9. The van der Waals surface area contributed by atoms with Gasteiger partial charge in [0.2, 0.25) is 0 Å². The Kier molecular flexibility index (Phi) is 55.1. The minimum absolute atomic E-state index is 0.0634. The molecule has 0 aromatic heterocycles. The van der Waals surface area contributed by atoms with Gasteiger partial charge >= 0.3 is 6.03 Å². The fourth-order valence-corrected chi connectivity index (χ4v) is 10.6. The summed E-state index contributed by atoms with van der Waals surface area (Å²) in [5.74, 6) is 3.85. The Morgan fingerprint density at radius 2 is 0.722 bits per heavy atom. The van der Waals surface area contributed by atoms with E-state index in [-0.39, 0.29) is 6.03 Å². The monoisotopic (exact) mass is 1030 g/mol. The quantitative estimate of drug-likeness (QED) is 0.0254. The van der Waals surface area contributed by atoms with Crippen molar-refractivity contribution >= 4 is 6.03 Å². The first kappa shape index (κ1) is 68.9. The van der Waals surface area contributed by atoms with Crippen LogP contribution in [0.25, 0.3) is 0 Å². The molecule has 1 rings (SSSR count). The van der Waals surface area contributed by atoms with E-state index in [1.165, 1.54) is 173 Å². The van der Waals surface area contributed by atoms with Gasteiger partial charge in [0.1, 0.15) is 0 Å². The summed E-state index contributed by atoms with van der Waals surface area (Å²) in [7, 11) is 1.95. The number of urea groups is 1. The molecule has 1 saturated carbocycles. The van der Waals surface area contributed by atoms with Gasteiger partial charge in [0, 0.05) is 46.2 Å². The zero-order valence-corrected chi connectivity index (χ0v) is 47.8. The topological polar surface area (TPSA) is 159 Å². The Morgan fingerprint density at radius 3 is 1.17 bits per heavy atom. The third-order valence-corrected chi connectivity index (χ3v) is 14.8. The van der Waals surface area contributed by atoms with Crippen molar-refractivity contribution in [3.05, 3.63) is 0 Å². The smallest absolute Gasteiger partial charge is 0.314 e. The van der Waals surface area contributed by atoms with Crippen LogP contribution in [0.5, 0.6) is 0 Å². The Hall–Kier alpha value is -1.13. The molecule has 430 valence electrons. The average molecular weight is 1030 g/mol. The van der Waals surface area contributed by atoms with Crippen molar-refractivity contribution < 1.29 is 33.2 Å². The average Bonchev–Trinajstić information content (AvgIpc) is 3.39. The van der Waals surface area contributed by atoms with Gasteiger partial charge in [-0.05, 0) is 121 Å². The highest BCUT2D eigenvalue weighted by atomic mass is 16.5. The van der Waals surface area contributed by atoms with E-state index in [1.807, 2.05) is 7.05 Å². The third-order valence-electron chi connectivity index (χ3n) is 14.8. The summed E-state index contributed by atoms with van der Waals surface area (Å²) >= 11 is 0. The van der Waals surface area contributed by atoms with Crippen molar-refractivity contribution in [2.24, 2.45) is 29.4 Å². The lowest BCUT2D eigenvalue weighted by Gasteiger charge is -2.44. The molecule has 13 heteroatoms. The molecule has 13 nitrogen and oxygen atoms in total. The molecule has 0 aromatic carbocycles. The van der Waals surface area contributed by atoms with E-state index >= 15 is 0 Å². The largest absolute Gasteiger partial charge is 0.379 e. The molecule has 1 aliphatic rings. The molecule has 0 spiro atoms. The van der Waals surface area contributed by atoms with Gasteiger partial charge in [0.25, 0.3) is 0 Å². The second-order valence-corrected chi connectivity index (χ2v) is 21.0. The van der Waals surface area contributed by atoms with E-state index in [0.717, 1.165) is 102 Å². The van der Waals surface area contributed by atoms with Crippen LogP contribution in [0.3, 0.4) is 0 Å². The summed E-state index contributed by atoms with van der Waals surface area (Å²) in [6, 6.07) is -0.0634. The molecule has 0 saturated heterocycles. The number of nitrogens with two attached hydrogens (primary N) is 1. The predicted molar refractivity (Wildman–Crippen MR) is 303 cm³/mol. The van der Waals surface area contributed by atoms with Crippen LogP contribution in [0.2, 0.25) is 0 Å². The van der Waals surface area contributed by atoms with Crippen LogP contribution >= 0.6 is 0 Å². The summed E-state index contributed by atoms with van der Waals surface area (Å²) < 4.78 is 33.3. The molecule has 1 aliphatic carbocycles. The lowest BCUT2D eigenvalue weighted by molar-refractivity contribution is 0.0140. The number of hydrogen-bond acceptors (Lipinski definition) is 11. The number of carbonyl (C=O) groups is 1. The lowest BCUT2D eigenvalue weighted by atomic mass is 9.61. The molecule has 0 heterocycles. The molecule has 72 heavy (non-hydrogen) atoms. The van der Waals surface area contributed by atoms with Gasteiger partial charge in [0.15, 0.2) is 0 Å². The van der Waals surface area contributed by atoms with Crippen LogP contribution in [0.4, 0.5) is 4.79 Å². The second kappa shape index (κ2) is 57.6.